The molecule has 24 heavy (non-hydrogen) atoms. The number of carbonyl (C=O) groups is 1. The molecule has 1 atom stereocenters. The van der Waals surface area contributed by atoms with Crippen LogP contribution in [0.3, 0.4) is 0 Å². The number of fused-ring (bicyclic) bond motifs is 1. The van der Waals surface area contributed by atoms with E-state index in [4.69, 9.17) is 4.74 Å². The van der Waals surface area contributed by atoms with Crippen LogP contribution in [0.25, 0.3) is 0 Å². The van der Waals surface area contributed by atoms with Crippen LogP contribution < -0.4 is 15.4 Å². The Bertz CT molecular complexity index is 747. The molecule has 0 saturated heterocycles. The van der Waals surface area contributed by atoms with Crippen molar-refractivity contribution in [1.82, 2.24) is 4.98 Å². The Hall–Kier alpha value is -2.63. The Morgan fingerprint density at radius 1 is 1.42 bits per heavy atom. The third-order valence-corrected chi connectivity index (χ3v) is 3.83. The van der Waals surface area contributed by atoms with Crippen LogP contribution in [0.4, 0.5) is 15.9 Å². The fourth-order valence-corrected chi connectivity index (χ4v) is 2.55. The van der Waals surface area contributed by atoms with Crippen molar-refractivity contribution in [3.8, 4) is 5.88 Å². The smallest absolute Gasteiger partial charge is 0.239 e. The number of aromatic nitrogens is 1. The number of rotatable bonds is 4. The Balaban J connectivity index is 1.95. The number of halogens is 1. The zero-order valence-corrected chi connectivity index (χ0v) is 13.7. The first-order chi connectivity index (χ1) is 11.5. The van der Waals surface area contributed by atoms with Crippen molar-refractivity contribution < 1.29 is 13.9 Å². The minimum absolute atomic E-state index is 0.111. The molecule has 1 aliphatic heterocycles. The van der Waals surface area contributed by atoms with Gasteiger partial charge in [-0.15, -0.1) is 0 Å². The van der Waals surface area contributed by atoms with E-state index in [1.807, 2.05) is 13.0 Å². The predicted octanol–water partition coefficient (Wildman–Crippen LogP) is 3.35. The Labute approximate surface area is 140 Å². The van der Waals surface area contributed by atoms with Gasteiger partial charge in [0, 0.05) is 18.4 Å². The molecular weight excluding hydrogens is 309 g/mol. The quantitative estimate of drug-likeness (QED) is 0.903. The summed E-state index contributed by atoms with van der Waals surface area (Å²) in [6, 6.07) is 8.43. The first-order valence-corrected chi connectivity index (χ1v) is 8.02. The van der Waals surface area contributed by atoms with E-state index >= 15 is 0 Å². The lowest BCUT2D eigenvalue weighted by Gasteiger charge is -2.25. The number of nitrogens with one attached hydrogen (secondary N) is 2. The normalized spacial score (nSPS) is 15.9. The predicted molar refractivity (Wildman–Crippen MR) is 90.9 cm³/mol. The van der Waals surface area contributed by atoms with E-state index in [9.17, 15) is 9.18 Å². The van der Waals surface area contributed by atoms with Crippen molar-refractivity contribution in [2.24, 2.45) is 0 Å². The second-order valence-electron chi connectivity index (χ2n) is 5.91. The summed E-state index contributed by atoms with van der Waals surface area (Å²) in [5.74, 6) is 0.592. The van der Waals surface area contributed by atoms with Gasteiger partial charge >= 0.3 is 0 Å². The molecular formula is C18H20FN3O2. The Morgan fingerprint density at radius 2 is 2.17 bits per heavy atom. The topological polar surface area (TPSA) is 63.2 Å². The molecule has 0 saturated carbocycles. The van der Waals surface area contributed by atoms with Gasteiger partial charge < -0.3 is 15.4 Å². The van der Waals surface area contributed by atoms with Gasteiger partial charge in [-0.1, -0.05) is 19.1 Å². The summed E-state index contributed by atoms with van der Waals surface area (Å²) in [7, 11) is 0. The lowest BCUT2D eigenvalue weighted by molar-refractivity contribution is -0.115. The molecule has 126 valence electrons. The molecule has 2 aromatic rings. The molecule has 1 amide bonds. The minimum atomic E-state index is -0.272. The number of pyridine rings is 1. The highest BCUT2D eigenvalue weighted by atomic mass is 19.1. The van der Waals surface area contributed by atoms with E-state index in [1.165, 1.54) is 12.1 Å². The van der Waals surface area contributed by atoms with Gasteiger partial charge in [0.1, 0.15) is 18.2 Å². The highest BCUT2D eigenvalue weighted by molar-refractivity contribution is 5.90. The van der Waals surface area contributed by atoms with E-state index in [2.05, 4.69) is 15.6 Å². The lowest BCUT2D eigenvalue weighted by atomic mass is 10.0. The summed E-state index contributed by atoms with van der Waals surface area (Å²) in [4.78, 5) is 16.3. The van der Waals surface area contributed by atoms with E-state index in [-0.39, 0.29) is 17.8 Å². The average Bonchev–Trinajstić information content (AvgIpc) is 2.57. The maximum Gasteiger partial charge on any atom is 0.239 e. The first kappa shape index (κ1) is 16.2. The summed E-state index contributed by atoms with van der Waals surface area (Å²) in [5.41, 5.74) is 2.60. The molecule has 6 heteroatoms. The second kappa shape index (κ2) is 6.86. The largest absolute Gasteiger partial charge is 0.474 e. The molecule has 1 aromatic heterocycles. The highest BCUT2D eigenvalue weighted by Crippen LogP contribution is 2.32. The number of carbonyl (C=O) groups excluding carboxylic acids is 1. The number of hydrogen-bond acceptors (Lipinski definition) is 4. The number of hydrogen-bond donors (Lipinski definition) is 2. The fourth-order valence-electron chi connectivity index (χ4n) is 2.55. The van der Waals surface area contributed by atoms with Crippen molar-refractivity contribution in [1.29, 1.82) is 0 Å². The molecule has 3 rings (SSSR count). The fraction of sp³-hybridized carbons (Fsp3) is 0.333. The monoisotopic (exact) mass is 329 g/mol. The first-order valence-electron chi connectivity index (χ1n) is 8.02. The maximum absolute atomic E-state index is 13.1. The third kappa shape index (κ3) is 3.64. The van der Waals surface area contributed by atoms with Crippen LogP contribution in [0.5, 0.6) is 5.88 Å². The van der Waals surface area contributed by atoms with Gasteiger partial charge in [-0.05, 0) is 30.7 Å². The molecule has 0 bridgehead atoms. The summed E-state index contributed by atoms with van der Waals surface area (Å²) < 4.78 is 18.7. The van der Waals surface area contributed by atoms with Gasteiger partial charge in [0.15, 0.2) is 0 Å². The van der Waals surface area contributed by atoms with Crippen molar-refractivity contribution >= 4 is 17.4 Å². The van der Waals surface area contributed by atoms with Crippen molar-refractivity contribution in [3.63, 3.8) is 0 Å². The zero-order chi connectivity index (χ0) is 17.1. The van der Waals surface area contributed by atoms with Gasteiger partial charge in [0.05, 0.1) is 11.7 Å². The molecule has 5 nitrogen and oxygen atoms in total. The van der Waals surface area contributed by atoms with Gasteiger partial charge in [-0.2, -0.15) is 4.98 Å². The van der Waals surface area contributed by atoms with Gasteiger partial charge in [0.2, 0.25) is 11.8 Å². The Kier molecular flexibility index (Phi) is 4.64. The molecule has 0 aliphatic carbocycles. The molecule has 0 spiro atoms. The molecule has 1 aromatic carbocycles. The SMILES string of the molecule is CCC(=O)Nc1nc2c(cc1Cc1ccc(F)cc1)N[C@@H](C)CO2. The summed E-state index contributed by atoms with van der Waals surface area (Å²) in [6.45, 7) is 4.33. The van der Waals surface area contributed by atoms with Crippen molar-refractivity contribution in [2.45, 2.75) is 32.7 Å². The molecule has 0 fully saturated rings. The number of amides is 1. The maximum atomic E-state index is 13.1. The van der Waals surface area contributed by atoms with E-state index < -0.39 is 0 Å². The Morgan fingerprint density at radius 3 is 2.88 bits per heavy atom. The lowest BCUT2D eigenvalue weighted by Crippen LogP contribution is -2.29. The third-order valence-electron chi connectivity index (χ3n) is 3.83. The van der Waals surface area contributed by atoms with Crippen LogP contribution in [-0.2, 0) is 11.2 Å². The number of benzene rings is 1. The van der Waals surface area contributed by atoms with Crippen LogP contribution in [0, 0.1) is 5.82 Å². The summed E-state index contributed by atoms with van der Waals surface area (Å²) >= 11 is 0. The van der Waals surface area contributed by atoms with E-state index in [1.54, 1.807) is 19.1 Å². The van der Waals surface area contributed by atoms with E-state index in [0.29, 0.717) is 31.1 Å². The minimum Gasteiger partial charge on any atom is -0.474 e. The van der Waals surface area contributed by atoms with Gasteiger partial charge in [-0.25, -0.2) is 4.39 Å². The number of ether oxygens (including phenoxy) is 1. The summed E-state index contributed by atoms with van der Waals surface area (Å²) in [5, 5.41) is 6.15. The molecule has 2 N–H and O–H groups in total. The van der Waals surface area contributed by atoms with E-state index in [0.717, 1.165) is 16.8 Å². The van der Waals surface area contributed by atoms with Crippen LogP contribution in [0.15, 0.2) is 30.3 Å². The van der Waals surface area contributed by atoms with Gasteiger partial charge in [-0.3, -0.25) is 4.79 Å². The molecule has 2 heterocycles. The van der Waals surface area contributed by atoms with Crippen LogP contribution in [-0.4, -0.2) is 23.5 Å². The average molecular weight is 329 g/mol. The highest BCUT2D eigenvalue weighted by Gasteiger charge is 2.20. The summed E-state index contributed by atoms with van der Waals surface area (Å²) in [6.07, 6.45) is 0.904. The van der Waals surface area contributed by atoms with Crippen LogP contribution >= 0.6 is 0 Å². The second-order valence-corrected chi connectivity index (χ2v) is 5.91. The van der Waals surface area contributed by atoms with Crippen molar-refractivity contribution in [2.75, 3.05) is 17.2 Å². The number of anilines is 2. The molecule has 1 aliphatic rings. The van der Waals surface area contributed by atoms with Crippen LogP contribution in [0.1, 0.15) is 31.4 Å². The zero-order valence-electron chi connectivity index (χ0n) is 13.7. The van der Waals surface area contributed by atoms with Crippen LogP contribution in [0.2, 0.25) is 0 Å². The van der Waals surface area contributed by atoms with Crippen molar-refractivity contribution in [3.05, 3.63) is 47.3 Å². The molecule has 0 radical (unpaired) electrons. The van der Waals surface area contributed by atoms with Gasteiger partial charge in [0.25, 0.3) is 0 Å². The molecule has 0 unspecified atom stereocenters. The standard InChI is InChI=1S/C18H20FN3O2/c1-3-16(23)21-17-13(8-12-4-6-14(19)7-5-12)9-15-18(22-17)24-10-11(2)20-15/h4-7,9,11,20H,3,8,10H2,1-2H3,(H,21,22,23)/t11-/m0/s1. The number of nitrogens with zero attached hydrogens (tertiary/aromatic N) is 1.